The minimum atomic E-state index is -1.15. The second-order valence-electron chi connectivity index (χ2n) is 4.06. The number of Topliss-reactive ketones (excluding diaryl/α,β-unsaturated/α-hetero) is 1. The van der Waals surface area contributed by atoms with E-state index in [2.05, 4.69) is 5.32 Å². The number of ketones is 1. The summed E-state index contributed by atoms with van der Waals surface area (Å²) in [5.41, 5.74) is 0.469. The topological polar surface area (TPSA) is 83.5 Å². The molecule has 5 nitrogen and oxygen atoms in total. The third-order valence-electron chi connectivity index (χ3n) is 2.50. The second-order valence-corrected chi connectivity index (χ2v) is 4.50. The van der Waals surface area contributed by atoms with Crippen LogP contribution in [0.1, 0.15) is 30.1 Å². The number of halogens is 1. The number of carbonyl (C=O) groups excluding carboxylic acids is 2. The molecule has 0 spiro atoms. The number of amides is 1. The Morgan fingerprint density at radius 2 is 1.84 bits per heavy atom. The standard InChI is InChI=1S/C13H14ClNO4/c1-8(16)15-11(13(18)19)6-7-12(17)9-2-4-10(14)5-3-9/h2-5,11H,6-7H2,1H3,(H,15,16)(H,18,19). The molecule has 0 aromatic heterocycles. The number of hydrogen-bond acceptors (Lipinski definition) is 3. The molecule has 0 radical (unpaired) electrons. The number of nitrogens with one attached hydrogen (secondary N) is 1. The van der Waals surface area contributed by atoms with Crippen molar-refractivity contribution in [1.82, 2.24) is 5.32 Å². The predicted molar refractivity (Wildman–Crippen MR) is 70.3 cm³/mol. The van der Waals surface area contributed by atoms with Crippen LogP contribution in [0.3, 0.4) is 0 Å². The molecule has 1 aromatic carbocycles. The van der Waals surface area contributed by atoms with Gasteiger partial charge in [-0.1, -0.05) is 11.6 Å². The summed E-state index contributed by atoms with van der Waals surface area (Å²) in [5.74, 6) is -1.78. The van der Waals surface area contributed by atoms with Gasteiger partial charge in [-0.25, -0.2) is 4.79 Å². The molecule has 1 rings (SSSR count). The van der Waals surface area contributed by atoms with Gasteiger partial charge in [0.05, 0.1) is 0 Å². The summed E-state index contributed by atoms with van der Waals surface area (Å²) in [7, 11) is 0. The second kappa shape index (κ2) is 6.89. The summed E-state index contributed by atoms with van der Waals surface area (Å²) >= 11 is 5.71. The molecular weight excluding hydrogens is 270 g/mol. The van der Waals surface area contributed by atoms with E-state index in [0.717, 1.165) is 0 Å². The highest BCUT2D eigenvalue weighted by Gasteiger charge is 2.19. The van der Waals surface area contributed by atoms with E-state index < -0.39 is 17.9 Å². The minimum absolute atomic E-state index is 0.0406. The highest BCUT2D eigenvalue weighted by Crippen LogP contribution is 2.12. The summed E-state index contributed by atoms with van der Waals surface area (Å²) in [6.45, 7) is 1.23. The van der Waals surface area contributed by atoms with E-state index in [0.29, 0.717) is 10.6 Å². The van der Waals surface area contributed by atoms with E-state index in [-0.39, 0.29) is 18.6 Å². The zero-order valence-electron chi connectivity index (χ0n) is 10.4. The normalized spacial score (nSPS) is 11.7. The average molecular weight is 284 g/mol. The smallest absolute Gasteiger partial charge is 0.326 e. The molecule has 0 saturated heterocycles. The van der Waals surface area contributed by atoms with Crippen LogP contribution in [-0.4, -0.2) is 28.8 Å². The fraction of sp³-hybridized carbons (Fsp3) is 0.308. The molecule has 0 saturated carbocycles. The molecule has 0 bridgehead atoms. The monoisotopic (exact) mass is 283 g/mol. The van der Waals surface area contributed by atoms with Crippen molar-refractivity contribution in [3.05, 3.63) is 34.9 Å². The summed E-state index contributed by atoms with van der Waals surface area (Å²) in [5, 5.41) is 11.7. The van der Waals surface area contributed by atoms with Crippen LogP contribution in [0.2, 0.25) is 5.02 Å². The number of hydrogen-bond donors (Lipinski definition) is 2. The molecule has 102 valence electrons. The quantitative estimate of drug-likeness (QED) is 0.781. The van der Waals surface area contributed by atoms with Crippen molar-refractivity contribution in [3.8, 4) is 0 Å². The van der Waals surface area contributed by atoms with Crippen LogP contribution in [0, 0.1) is 0 Å². The van der Waals surface area contributed by atoms with E-state index in [4.69, 9.17) is 16.7 Å². The SMILES string of the molecule is CC(=O)NC(CCC(=O)c1ccc(Cl)cc1)C(=O)O. The van der Waals surface area contributed by atoms with Crippen molar-refractivity contribution in [2.75, 3.05) is 0 Å². The highest BCUT2D eigenvalue weighted by atomic mass is 35.5. The third kappa shape index (κ3) is 5.09. The van der Waals surface area contributed by atoms with Gasteiger partial charge in [-0.05, 0) is 30.7 Å². The Morgan fingerprint density at radius 1 is 1.26 bits per heavy atom. The molecule has 0 fully saturated rings. The van der Waals surface area contributed by atoms with Crippen LogP contribution in [-0.2, 0) is 9.59 Å². The van der Waals surface area contributed by atoms with Gasteiger partial charge in [-0.3, -0.25) is 9.59 Å². The van der Waals surface area contributed by atoms with Crippen LogP contribution in [0.15, 0.2) is 24.3 Å². The fourth-order valence-electron chi connectivity index (χ4n) is 1.56. The van der Waals surface area contributed by atoms with Gasteiger partial charge in [0, 0.05) is 23.9 Å². The predicted octanol–water partition coefficient (Wildman–Crippen LogP) is 1.89. The van der Waals surface area contributed by atoms with Crippen LogP contribution in [0.5, 0.6) is 0 Å². The maximum atomic E-state index is 11.8. The van der Waals surface area contributed by atoms with Crippen LogP contribution in [0.25, 0.3) is 0 Å². The van der Waals surface area contributed by atoms with Crippen LogP contribution < -0.4 is 5.32 Å². The van der Waals surface area contributed by atoms with Gasteiger partial charge in [0.15, 0.2) is 5.78 Å². The lowest BCUT2D eigenvalue weighted by Crippen LogP contribution is -2.39. The third-order valence-corrected chi connectivity index (χ3v) is 2.75. The first kappa shape index (κ1) is 15.2. The maximum Gasteiger partial charge on any atom is 0.326 e. The fourth-order valence-corrected chi connectivity index (χ4v) is 1.68. The zero-order valence-corrected chi connectivity index (χ0v) is 11.1. The molecule has 0 aliphatic rings. The molecule has 1 amide bonds. The van der Waals surface area contributed by atoms with E-state index in [1.165, 1.54) is 6.92 Å². The summed E-state index contributed by atoms with van der Waals surface area (Å²) in [6, 6.07) is 5.31. The van der Waals surface area contributed by atoms with Gasteiger partial charge in [-0.2, -0.15) is 0 Å². The highest BCUT2D eigenvalue weighted by molar-refractivity contribution is 6.30. The molecule has 0 heterocycles. The van der Waals surface area contributed by atoms with Crippen LogP contribution >= 0.6 is 11.6 Å². The van der Waals surface area contributed by atoms with Gasteiger partial charge in [0.2, 0.25) is 5.91 Å². The Labute approximate surface area is 115 Å². The summed E-state index contributed by atoms with van der Waals surface area (Å²) in [4.78, 5) is 33.5. The van der Waals surface area contributed by atoms with Gasteiger partial charge in [0.25, 0.3) is 0 Å². The van der Waals surface area contributed by atoms with Gasteiger partial charge in [-0.15, -0.1) is 0 Å². The number of carbonyl (C=O) groups is 3. The van der Waals surface area contributed by atoms with Crippen molar-refractivity contribution in [1.29, 1.82) is 0 Å². The lowest BCUT2D eigenvalue weighted by molar-refractivity contribution is -0.141. The number of rotatable bonds is 6. The van der Waals surface area contributed by atoms with Crippen LogP contribution in [0.4, 0.5) is 0 Å². The lowest BCUT2D eigenvalue weighted by atomic mass is 10.0. The Morgan fingerprint density at radius 3 is 2.32 bits per heavy atom. The first-order valence-corrected chi connectivity index (χ1v) is 6.06. The van der Waals surface area contributed by atoms with E-state index in [1.54, 1.807) is 24.3 Å². The first-order valence-electron chi connectivity index (χ1n) is 5.69. The Hall–Kier alpha value is -1.88. The molecule has 1 atom stereocenters. The van der Waals surface area contributed by atoms with Crippen molar-refractivity contribution < 1.29 is 19.5 Å². The molecule has 1 aromatic rings. The summed E-state index contributed by atoms with van der Waals surface area (Å²) < 4.78 is 0. The average Bonchev–Trinajstić information content (AvgIpc) is 2.34. The first-order chi connectivity index (χ1) is 8.90. The van der Waals surface area contributed by atoms with E-state index in [9.17, 15) is 14.4 Å². The Bertz CT molecular complexity index is 484. The van der Waals surface area contributed by atoms with Crippen molar-refractivity contribution >= 4 is 29.3 Å². The van der Waals surface area contributed by atoms with E-state index >= 15 is 0 Å². The number of benzene rings is 1. The van der Waals surface area contributed by atoms with E-state index in [1.807, 2.05) is 0 Å². The molecular formula is C13H14ClNO4. The molecule has 0 aliphatic carbocycles. The number of aliphatic carboxylic acids is 1. The maximum absolute atomic E-state index is 11.8. The van der Waals surface area contributed by atoms with Gasteiger partial charge in [0.1, 0.15) is 6.04 Å². The minimum Gasteiger partial charge on any atom is -0.480 e. The van der Waals surface area contributed by atoms with Gasteiger partial charge < -0.3 is 10.4 Å². The van der Waals surface area contributed by atoms with Crippen molar-refractivity contribution in [2.45, 2.75) is 25.8 Å². The van der Waals surface area contributed by atoms with Gasteiger partial charge >= 0.3 is 5.97 Å². The molecule has 0 aliphatic heterocycles. The molecule has 6 heteroatoms. The van der Waals surface area contributed by atoms with Crippen molar-refractivity contribution in [3.63, 3.8) is 0 Å². The zero-order chi connectivity index (χ0) is 14.4. The Balaban J connectivity index is 2.59. The largest absolute Gasteiger partial charge is 0.480 e. The number of carboxylic acids is 1. The molecule has 2 N–H and O–H groups in total. The Kier molecular flexibility index (Phi) is 5.51. The molecule has 19 heavy (non-hydrogen) atoms. The lowest BCUT2D eigenvalue weighted by Gasteiger charge is -2.12. The number of carboxylic acid groups (broad SMARTS) is 1. The van der Waals surface area contributed by atoms with Crippen molar-refractivity contribution in [2.24, 2.45) is 0 Å². The molecule has 1 unspecified atom stereocenters. The summed E-state index contributed by atoms with van der Waals surface area (Å²) in [6.07, 6.45) is 0.0925.